The van der Waals surface area contributed by atoms with Crippen LogP contribution in [0, 0.1) is 0 Å². The van der Waals surface area contributed by atoms with Gasteiger partial charge >= 0.3 is 12.1 Å². The number of aliphatic carboxylic acids is 1. The minimum atomic E-state index is -4.40. The van der Waals surface area contributed by atoms with Crippen LogP contribution in [0.4, 0.5) is 13.2 Å². The van der Waals surface area contributed by atoms with Gasteiger partial charge in [-0.2, -0.15) is 13.2 Å². The molecule has 0 bridgehead atoms. The average Bonchev–Trinajstić information content (AvgIpc) is 2.65. The van der Waals surface area contributed by atoms with Crippen molar-refractivity contribution in [3.8, 4) is 0 Å². The number of hydrogen-bond donors (Lipinski definition) is 2. The summed E-state index contributed by atoms with van der Waals surface area (Å²) < 4.78 is 34.7. The van der Waals surface area contributed by atoms with E-state index in [9.17, 15) is 18.0 Å². The number of allylic oxidation sites excluding steroid dienone is 1. The van der Waals surface area contributed by atoms with Gasteiger partial charge in [-0.1, -0.05) is 0 Å². The Morgan fingerprint density at radius 1 is 1.46 bits per heavy atom. The van der Waals surface area contributed by atoms with Crippen LogP contribution < -0.4 is 5.32 Å². The van der Waals surface area contributed by atoms with E-state index >= 15 is 0 Å². The lowest BCUT2D eigenvalue weighted by Crippen LogP contribution is -2.35. The second-order valence-electron chi connectivity index (χ2n) is 2.91. The second kappa shape index (κ2) is 2.93. The Kier molecular flexibility index (Phi) is 2.23. The number of hydrogen-bond acceptors (Lipinski definition) is 2. The third-order valence-corrected chi connectivity index (χ3v) is 1.79. The van der Waals surface area contributed by atoms with Gasteiger partial charge in [-0.3, -0.25) is 0 Å². The highest BCUT2D eigenvalue weighted by molar-refractivity contribution is 5.82. The number of nitrogens with one attached hydrogen (secondary N) is 1. The highest BCUT2D eigenvalue weighted by Crippen LogP contribution is 2.35. The van der Waals surface area contributed by atoms with Gasteiger partial charge in [0.15, 0.2) is 0 Å². The van der Waals surface area contributed by atoms with Crippen molar-refractivity contribution in [2.75, 3.05) is 0 Å². The minimum Gasteiger partial charge on any atom is -0.480 e. The van der Waals surface area contributed by atoms with Crippen LogP contribution in [0.15, 0.2) is 12.3 Å². The van der Waals surface area contributed by atoms with Gasteiger partial charge in [0.1, 0.15) is 5.54 Å². The molecule has 0 atom stereocenters. The van der Waals surface area contributed by atoms with Crippen LogP contribution in [0.1, 0.15) is 12.8 Å². The van der Waals surface area contributed by atoms with Crippen molar-refractivity contribution in [2.24, 2.45) is 0 Å². The first-order valence-electron chi connectivity index (χ1n) is 3.61. The molecule has 0 saturated heterocycles. The molecule has 13 heavy (non-hydrogen) atoms. The van der Waals surface area contributed by atoms with Crippen LogP contribution in [0.2, 0.25) is 0 Å². The van der Waals surface area contributed by atoms with Gasteiger partial charge in [-0.25, -0.2) is 4.79 Å². The fraction of sp³-hybridized carbons (Fsp3) is 0.571. The fourth-order valence-corrected chi connectivity index (χ4v) is 0.841. The summed E-state index contributed by atoms with van der Waals surface area (Å²) in [7, 11) is 0. The molecule has 2 N–H and O–H groups in total. The van der Waals surface area contributed by atoms with E-state index in [4.69, 9.17) is 5.11 Å². The van der Waals surface area contributed by atoms with E-state index < -0.39 is 17.7 Å². The van der Waals surface area contributed by atoms with Gasteiger partial charge in [0, 0.05) is 12.3 Å². The predicted molar refractivity (Wildman–Crippen MR) is 37.9 cm³/mol. The summed E-state index contributed by atoms with van der Waals surface area (Å²) in [6.07, 6.45) is -3.05. The zero-order valence-electron chi connectivity index (χ0n) is 6.56. The van der Waals surface area contributed by atoms with Crippen molar-refractivity contribution in [1.29, 1.82) is 0 Å². The highest BCUT2D eigenvalue weighted by Gasteiger charge is 2.49. The molecule has 74 valence electrons. The van der Waals surface area contributed by atoms with E-state index in [0.29, 0.717) is 19.0 Å². The molecular formula is C7H8F3NO2. The molecule has 0 aliphatic heterocycles. The molecule has 0 spiro atoms. The molecule has 1 aliphatic carbocycles. The molecule has 1 aliphatic rings. The lowest BCUT2D eigenvalue weighted by atomic mass is 10.3. The van der Waals surface area contributed by atoms with E-state index in [1.54, 1.807) is 0 Å². The number of carboxylic acid groups (broad SMARTS) is 1. The zero-order valence-corrected chi connectivity index (χ0v) is 6.56. The first-order valence-corrected chi connectivity index (χ1v) is 3.61. The van der Waals surface area contributed by atoms with Crippen LogP contribution in [0.25, 0.3) is 0 Å². The van der Waals surface area contributed by atoms with Crippen LogP contribution in [-0.4, -0.2) is 22.8 Å². The molecular weight excluding hydrogens is 187 g/mol. The van der Waals surface area contributed by atoms with Gasteiger partial charge in [-0.15, -0.1) is 0 Å². The normalized spacial score (nSPS) is 20.2. The number of alkyl halides is 3. The van der Waals surface area contributed by atoms with Gasteiger partial charge < -0.3 is 10.4 Å². The zero-order chi connectivity index (χ0) is 10.1. The number of carboxylic acids is 1. The lowest BCUT2D eigenvalue weighted by Gasteiger charge is -2.09. The Morgan fingerprint density at radius 3 is 2.31 bits per heavy atom. The Morgan fingerprint density at radius 2 is 2.00 bits per heavy atom. The lowest BCUT2D eigenvalue weighted by molar-refractivity contribution is -0.140. The van der Waals surface area contributed by atoms with Crippen LogP contribution in [0.5, 0.6) is 0 Å². The molecule has 1 saturated carbocycles. The molecule has 0 heterocycles. The maximum atomic E-state index is 11.6. The maximum absolute atomic E-state index is 11.6. The fourth-order valence-electron chi connectivity index (χ4n) is 0.841. The first kappa shape index (κ1) is 9.88. The number of halogens is 3. The summed E-state index contributed by atoms with van der Waals surface area (Å²) in [4.78, 5) is 10.5. The molecule has 1 rings (SSSR count). The van der Waals surface area contributed by atoms with Crippen molar-refractivity contribution < 1.29 is 23.1 Å². The van der Waals surface area contributed by atoms with E-state index in [0.717, 1.165) is 0 Å². The molecule has 0 aromatic carbocycles. The molecule has 1 fully saturated rings. The molecule has 6 heteroatoms. The monoisotopic (exact) mass is 195 g/mol. The Hall–Kier alpha value is -1.20. The Labute approximate surface area is 72.2 Å². The highest BCUT2D eigenvalue weighted by atomic mass is 19.4. The van der Waals surface area contributed by atoms with E-state index in [1.807, 2.05) is 0 Å². The van der Waals surface area contributed by atoms with Crippen molar-refractivity contribution in [3.63, 3.8) is 0 Å². The number of carbonyl (C=O) groups is 1. The van der Waals surface area contributed by atoms with E-state index in [1.165, 1.54) is 0 Å². The first-order chi connectivity index (χ1) is 5.86. The summed E-state index contributed by atoms with van der Waals surface area (Å²) in [6.45, 7) is 0. The van der Waals surface area contributed by atoms with Gasteiger partial charge in [-0.05, 0) is 12.8 Å². The van der Waals surface area contributed by atoms with Gasteiger partial charge in [0.2, 0.25) is 0 Å². The quantitative estimate of drug-likeness (QED) is 0.712. The summed E-state index contributed by atoms with van der Waals surface area (Å²) >= 11 is 0. The van der Waals surface area contributed by atoms with Gasteiger partial charge in [0.05, 0.1) is 0 Å². The average molecular weight is 195 g/mol. The smallest absolute Gasteiger partial charge is 0.411 e. The van der Waals surface area contributed by atoms with Crippen molar-refractivity contribution >= 4 is 5.97 Å². The summed E-state index contributed by atoms with van der Waals surface area (Å²) in [5.41, 5.74) is -1.15. The Balaban J connectivity index is 2.43. The SMILES string of the molecule is O=C(O)C1(NC=CC(F)(F)F)CC1. The minimum absolute atomic E-state index is 0.0178. The van der Waals surface area contributed by atoms with Crippen LogP contribution in [0.3, 0.4) is 0 Å². The second-order valence-corrected chi connectivity index (χ2v) is 2.91. The summed E-state index contributed by atoms with van der Waals surface area (Å²) in [6, 6.07) is 0. The summed E-state index contributed by atoms with van der Waals surface area (Å²) in [5.74, 6) is -1.11. The molecule has 0 amide bonds. The third-order valence-electron chi connectivity index (χ3n) is 1.79. The van der Waals surface area contributed by atoms with Gasteiger partial charge in [0.25, 0.3) is 0 Å². The summed E-state index contributed by atoms with van der Waals surface area (Å²) in [5, 5.41) is 10.8. The van der Waals surface area contributed by atoms with Crippen molar-refractivity contribution in [2.45, 2.75) is 24.6 Å². The van der Waals surface area contributed by atoms with Crippen molar-refractivity contribution in [3.05, 3.63) is 12.3 Å². The molecule has 0 aromatic rings. The molecule has 0 unspecified atom stereocenters. The standard InChI is InChI=1S/C7H8F3NO2/c8-7(9,10)3-4-11-6(1-2-6)5(12)13/h3-4,11H,1-2H2,(H,12,13). The third kappa shape index (κ3) is 2.64. The number of rotatable bonds is 3. The molecule has 0 radical (unpaired) electrons. The largest absolute Gasteiger partial charge is 0.480 e. The van der Waals surface area contributed by atoms with E-state index in [-0.39, 0.29) is 6.08 Å². The molecule has 3 nitrogen and oxygen atoms in total. The molecule has 0 aromatic heterocycles. The Bertz CT molecular complexity index is 243. The topological polar surface area (TPSA) is 49.3 Å². The van der Waals surface area contributed by atoms with E-state index in [2.05, 4.69) is 5.32 Å². The predicted octanol–water partition coefficient (Wildman–Crippen LogP) is 1.27. The van der Waals surface area contributed by atoms with Crippen molar-refractivity contribution in [1.82, 2.24) is 5.32 Å². The van der Waals surface area contributed by atoms with Crippen LogP contribution in [-0.2, 0) is 4.79 Å². The van der Waals surface area contributed by atoms with Crippen LogP contribution >= 0.6 is 0 Å². The maximum Gasteiger partial charge on any atom is 0.411 e.